The summed E-state index contributed by atoms with van der Waals surface area (Å²) in [4.78, 5) is 14.7. The van der Waals surface area contributed by atoms with Gasteiger partial charge in [-0.25, -0.2) is 9.97 Å². The lowest BCUT2D eigenvalue weighted by atomic mass is 9.98. The van der Waals surface area contributed by atoms with Gasteiger partial charge in [0.15, 0.2) is 5.65 Å². The summed E-state index contributed by atoms with van der Waals surface area (Å²) in [5, 5.41) is 2.19. The van der Waals surface area contributed by atoms with E-state index < -0.39 is 0 Å². The molecule has 4 nitrogen and oxygen atoms in total. The van der Waals surface area contributed by atoms with Gasteiger partial charge in [0.25, 0.3) is 0 Å². The minimum atomic E-state index is 0.877. The van der Waals surface area contributed by atoms with Gasteiger partial charge in [0, 0.05) is 29.6 Å². The number of rotatable bonds is 0. The fourth-order valence-electron chi connectivity index (χ4n) is 6.41. The number of hydrogen-bond donors (Lipinski definition) is 0. The molecule has 0 saturated carbocycles. The van der Waals surface area contributed by atoms with Gasteiger partial charge in [-0.2, -0.15) is 0 Å². The van der Waals surface area contributed by atoms with Crippen molar-refractivity contribution in [3.05, 3.63) is 107 Å². The predicted molar refractivity (Wildman–Crippen MR) is 140 cm³/mol. The first-order valence-electron chi connectivity index (χ1n) is 12.0. The molecule has 3 aromatic carbocycles. The Kier molecular flexibility index (Phi) is 3.11. The van der Waals surface area contributed by atoms with Crippen LogP contribution in [-0.2, 0) is 12.8 Å². The molecule has 2 aliphatic rings. The first-order valence-corrected chi connectivity index (χ1v) is 12.0. The Morgan fingerprint density at radius 1 is 0.571 bits per heavy atom. The van der Waals surface area contributed by atoms with Gasteiger partial charge in [0.2, 0.25) is 0 Å². The number of imidazole rings is 1. The molecule has 35 heavy (non-hydrogen) atoms. The van der Waals surface area contributed by atoms with E-state index in [9.17, 15) is 0 Å². The standard InChI is InChI=1S/C31H18N4/c1-2-6-20-17(5-1)13-18-14-25-19(15-24(18)20)16-26-21(25)9-10-27-28(26)34-31-29-22(7-3-11-32-29)23-8-4-12-33-30(23)35(27)31/h1-12,14-15H,13,16H2. The second kappa shape index (κ2) is 6.10. The summed E-state index contributed by atoms with van der Waals surface area (Å²) >= 11 is 0. The van der Waals surface area contributed by atoms with Crippen molar-refractivity contribution in [3.63, 3.8) is 0 Å². The normalized spacial score (nSPS) is 13.5. The van der Waals surface area contributed by atoms with E-state index >= 15 is 0 Å². The molecule has 7 aromatic rings. The highest BCUT2D eigenvalue weighted by Crippen LogP contribution is 2.46. The van der Waals surface area contributed by atoms with E-state index in [2.05, 4.69) is 65.1 Å². The molecule has 0 spiro atoms. The minimum Gasteiger partial charge on any atom is -0.274 e. The number of aromatic nitrogens is 4. The average molecular weight is 447 g/mol. The van der Waals surface area contributed by atoms with Crippen molar-refractivity contribution in [1.29, 1.82) is 0 Å². The molecule has 0 atom stereocenters. The maximum absolute atomic E-state index is 5.22. The lowest BCUT2D eigenvalue weighted by Crippen LogP contribution is -1.94. The highest BCUT2D eigenvalue weighted by Gasteiger charge is 2.28. The molecule has 0 radical (unpaired) electrons. The van der Waals surface area contributed by atoms with Crippen molar-refractivity contribution in [1.82, 2.24) is 19.4 Å². The number of pyridine rings is 3. The Morgan fingerprint density at radius 2 is 1.37 bits per heavy atom. The molecule has 0 aliphatic heterocycles. The van der Waals surface area contributed by atoms with Gasteiger partial charge < -0.3 is 0 Å². The van der Waals surface area contributed by atoms with Crippen LogP contribution < -0.4 is 0 Å². The van der Waals surface area contributed by atoms with E-state index in [1.54, 1.807) is 0 Å². The Labute approximate surface area is 200 Å². The van der Waals surface area contributed by atoms with Gasteiger partial charge in [-0.1, -0.05) is 36.4 Å². The van der Waals surface area contributed by atoms with Crippen LogP contribution in [0.5, 0.6) is 0 Å². The van der Waals surface area contributed by atoms with E-state index in [4.69, 9.17) is 15.0 Å². The van der Waals surface area contributed by atoms with Crippen LogP contribution in [0, 0.1) is 0 Å². The summed E-state index contributed by atoms with van der Waals surface area (Å²) in [6.45, 7) is 0. The first-order chi connectivity index (χ1) is 17.3. The molecule has 9 rings (SSSR count). The van der Waals surface area contributed by atoms with E-state index in [1.807, 2.05) is 24.5 Å². The number of nitrogens with zero attached hydrogens (tertiary/aromatic N) is 4. The fraction of sp³-hybridized carbons (Fsp3) is 0.0645. The van der Waals surface area contributed by atoms with Crippen molar-refractivity contribution >= 4 is 38.6 Å². The van der Waals surface area contributed by atoms with Gasteiger partial charge in [-0.05, 0) is 87.3 Å². The monoisotopic (exact) mass is 446 g/mol. The lowest BCUT2D eigenvalue weighted by Gasteiger charge is -2.07. The largest absolute Gasteiger partial charge is 0.274 e. The first kappa shape index (κ1) is 17.8. The summed E-state index contributed by atoms with van der Waals surface area (Å²) in [5.41, 5.74) is 15.9. The van der Waals surface area contributed by atoms with Crippen LogP contribution >= 0.6 is 0 Å². The SMILES string of the molecule is c1ccc2c(c1)Cc1cc3c(cc1-2)Cc1c-3ccc2c1nc1c3ncccc3c3cccnc3n21. The molecule has 0 unspecified atom stereocenters. The molecule has 4 heteroatoms. The van der Waals surface area contributed by atoms with Crippen molar-refractivity contribution in [3.8, 4) is 22.3 Å². The van der Waals surface area contributed by atoms with E-state index in [1.165, 1.54) is 44.5 Å². The lowest BCUT2D eigenvalue weighted by molar-refractivity contribution is 1.22. The third kappa shape index (κ3) is 2.15. The third-order valence-corrected chi connectivity index (χ3v) is 7.91. The third-order valence-electron chi connectivity index (χ3n) is 7.91. The molecule has 4 heterocycles. The summed E-state index contributed by atoms with van der Waals surface area (Å²) < 4.78 is 2.19. The molecular formula is C31H18N4. The van der Waals surface area contributed by atoms with Crippen LogP contribution in [0.25, 0.3) is 60.9 Å². The Hall–Kier alpha value is -4.57. The second-order valence-corrected chi connectivity index (χ2v) is 9.68. The minimum absolute atomic E-state index is 0.877. The maximum Gasteiger partial charge on any atom is 0.166 e. The van der Waals surface area contributed by atoms with Gasteiger partial charge in [-0.3, -0.25) is 9.38 Å². The molecule has 2 aliphatic carbocycles. The number of fused-ring (bicyclic) bond motifs is 15. The quantitative estimate of drug-likeness (QED) is 0.243. The van der Waals surface area contributed by atoms with Crippen LogP contribution in [0.2, 0.25) is 0 Å². The smallest absolute Gasteiger partial charge is 0.166 e. The summed E-state index contributed by atoms with van der Waals surface area (Å²) in [6, 6.07) is 26.4. The Morgan fingerprint density at radius 3 is 2.31 bits per heavy atom. The molecule has 0 fully saturated rings. The Balaban J connectivity index is 1.35. The molecular weight excluding hydrogens is 428 g/mol. The van der Waals surface area contributed by atoms with Crippen LogP contribution in [0.4, 0.5) is 0 Å². The zero-order valence-corrected chi connectivity index (χ0v) is 18.8. The summed E-state index contributed by atoms with van der Waals surface area (Å²) in [6.07, 6.45) is 5.63. The van der Waals surface area contributed by atoms with Crippen molar-refractivity contribution in [2.45, 2.75) is 12.8 Å². The second-order valence-electron chi connectivity index (χ2n) is 9.68. The van der Waals surface area contributed by atoms with E-state index in [0.29, 0.717) is 0 Å². The highest BCUT2D eigenvalue weighted by molar-refractivity contribution is 6.11. The van der Waals surface area contributed by atoms with Gasteiger partial charge in [0.1, 0.15) is 11.2 Å². The Bertz CT molecular complexity index is 2070. The van der Waals surface area contributed by atoms with Crippen LogP contribution in [-0.4, -0.2) is 19.4 Å². The van der Waals surface area contributed by atoms with Crippen molar-refractivity contribution in [2.24, 2.45) is 0 Å². The zero-order valence-electron chi connectivity index (χ0n) is 18.8. The van der Waals surface area contributed by atoms with E-state index in [0.717, 1.165) is 51.5 Å². The number of benzene rings is 3. The molecule has 162 valence electrons. The van der Waals surface area contributed by atoms with Gasteiger partial charge >= 0.3 is 0 Å². The van der Waals surface area contributed by atoms with E-state index in [-0.39, 0.29) is 0 Å². The maximum atomic E-state index is 5.22. The highest BCUT2D eigenvalue weighted by atomic mass is 15.1. The fourth-order valence-corrected chi connectivity index (χ4v) is 6.41. The van der Waals surface area contributed by atoms with Crippen molar-refractivity contribution in [2.75, 3.05) is 0 Å². The van der Waals surface area contributed by atoms with Crippen LogP contribution in [0.1, 0.15) is 22.3 Å². The molecule has 0 N–H and O–H groups in total. The van der Waals surface area contributed by atoms with Crippen LogP contribution in [0.3, 0.4) is 0 Å². The summed E-state index contributed by atoms with van der Waals surface area (Å²) in [5.74, 6) is 0. The molecule has 0 amide bonds. The van der Waals surface area contributed by atoms with Crippen molar-refractivity contribution < 1.29 is 0 Å². The zero-order chi connectivity index (χ0) is 22.7. The van der Waals surface area contributed by atoms with Gasteiger partial charge in [0.05, 0.1) is 11.0 Å². The van der Waals surface area contributed by atoms with Gasteiger partial charge in [-0.15, -0.1) is 0 Å². The predicted octanol–water partition coefficient (Wildman–Crippen LogP) is 6.73. The molecule has 0 bridgehead atoms. The number of hydrogen-bond acceptors (Lipinski definition) is 3. The molecule has 0 saturated heterocycles. The van der Waals surface area contributed by atoms with Crippen LogP contribution in [0.15, 0.2) is 85.2 Å². The molecule has 4 aromatic heterocycles. The summed E-state index contributed by atoms with van der Waals surface area (Å²) in [7, 11) is 0. The average Bonchev–Trinajstić information content (AvgIpc) is 3.58. The topological polar surface area (TPSA) is 43.1 Å².